The third-order valence-corrected chi connectivity index (χ3v) is 7.28. The van der Waals surface area contributed by atoms with Gasteiger partial charge in [0.1, 0.15) is 28.8 Å². The first-order chi connectivity index (χ1) is 20.4. The Morgan fingerprint density at radius 2 is 1.63 bits per heavy atom. The molecule has 3 aromatic carbocycles. The summed E-state index contributed by atoms with van der Waals surface area (Å²) in [6, 6.07) is 12.6. The number of nitrogens with one attached hydrogen (secondary N) is 1. The largest absolute Gasteiger partial charge is 0.478 e. The molecule has 0 spiro atoms. The van der Waals surface area contributed by atoms with Crippen molar-refractivity contribution in [2.75, 3.05) is 11.4 Å². The van der Waals surface area contributed by atoms with Crippen LogP contribution in [-0.2, 0) is 21.7 Å². The molecule has 2 N–H and O–H groups in total. The molecule has 0 saturated heterocycles. The van der Waals surface area contributed by atoms with Crippen LogP contribution in [-0.4, -0.2) is 39.6 Å². The van der Waals surface area contributed by atoms with E-state index < -0.39 is 65.4 Å². The molecule has 1 aliphatic heterocycles. The molecule has 0 saturated carbocycles. The van der Waals surface area contributed by atoms with Crippen molar-refractivity contribution in [1.29, 1.82) is 0 Å². The fourth-order valence-corrected chi connectivity index (χ4v) is 5.35. The van der Waals surface area contributed by atoms with Gasteiger partial charge >= 0.3 is 12.0 Å². The van der Waals surface area contributed by atoms with Gasteiger partial charge in [-0.3, -0.25) is 10.1 Å². The molecule has 0 unspecified atom stereocenters. The number of para-hydroxylation sites is 1. The fraction of sp³-hybridized carbons (Fsp3) is 0.226. The number of nitrogens with zero attached hydrogens (tertiary/aromatic N) is 3. The van der Waals surface area contributed by atoms with Crippen molar-refractivity contribution in [3.8, 4) is 6.01 Å². The van der Waals surface area contributed by atoms with E-state index in [9.17, 15) is 32.3 Å². The lowest BCUT2D eigenvalue weighted by Crippen LogP contribution is -2.58. The number of carboxylic acid groups (broad SMARTS) is 1. The highest BCUT2D eigenvalue weighted by atomic mass is 19.1. The highest BCUT2D eigenvalue weighted by Crippen LogP contribution is 2.43. The van der Waals surface area contributed by atoms with Gasteiger partial charge in [0.05, 0.1) is 13.1 Å². The van der Waals surface area contributed by atoms with Crippen molar-refractivity contribution in [1.82, 2.24) is 15.3 Å². The summed E-state index contributed by atoms with van der Waals surface area (Å²) in [4.78, 5) is 36.2. The Balaban J connectivity index is 1.76. The van der Waals surface area contributed by atoms with E-state index in [1.54, 1.807) is 32.0 Å². The van der Waals surface area contributed by atoms with Crippen molar-refractivity contribution in [2.45, 2.75) is 39.0 Å². The molecule has 12 heteroatoms. The van der Waals surface area contributed by atoms with E-state index in [1.807, 2.05) is 0 Å². The number of benzene rings is 3. The number of carbonyl (C=O) groups excluding carboxylic acids is 1. The number of carbonyl (C=O) groups is 2. The quantitative estimate of drug-likeness (QED) is 0.294. The Hall–Kier alpha value is -4.84. The Morgan fingerprint density at radius 3 is 2.26 bits per heavy atom. The van der Waals surface area contributed by atoms with Crippen molar-refractivity contribution >= 4 is 17.6 Å². The molecule has 5 rings (SSSR count). The Kier molecular flexibility index (Phi) is 7.89. The van der Waals surface area contributed by atoms with Crippen molar-refractivity contribution in [3.63, 3.8) is 0 Å². The fourth-order valence-electron chi connectivity index (χ4n) is 5.35. The van der Waals surface area contributed by atoms with Crippen LogP contribution in [0, 0.1) is 44.0 Å². The summed E-state index contributed by atoms with van der Waals surface area (Å²) in [5.41, 5.74) is -0.744. The third kappa shape index (κ3) is 5.53. The lowest BCUT2D eigenvalue weighted by Gasteiger charge is -2.39. The molecule has 1 amide bonds. The van der Waals surface area contributed by atoms with E-state index >= 15 is 0 Å². The summed E-state index contributed by atoms with van der Waals surface area (Å²) in [5.74, 6) is -6.21. The summed E-state index contributed by atoms with van der Waals surface area (Å²) in [6.07, 6.45) is -1.84. The number of hydrogen-bond acceptors (Lipinski definition) is 6. The van der Waals surface area contributed by atoms with Gasteiger partial charge in [-0.25, -0.2) is 32.3 Å². The molecule has 1 aliphatic rings. The van der Waals surface area contributed by atoms with Gasteiger partial charge in [-0.1, -0.05) is 30.3 Å². The molecule has 2 atom stereocenters. The maximum absolute atomic E-state index is 14.7. The normalized spacial score (nSPS) is 17.3. The lowest BCUT2D eigenvalue weighted by molar-refractivity contribution is -0.149. The number of aryl methyl sites for hydroxylation is 3. The highest BCUT2D eigenvalue weighted by Gasteiger charge is 2.52. The molecule has 0 radical (unpaired) electrons. The van der Waals surface area contributed by atoms with Crippen LogP contribution in [0.2, 0.25) is 0 Å². The maximum Gasteiger partial charge on any atom is 0.347 e. The second-order valence-electron chi connectivity index (χ2n) is 10.2. The van der Waals surface area contributed by atoms with Gasteiger partial charge < -0.3 is 14.7 Å². The van der Waals surface area contributed by atoms with Gasteiger partial charge in [-0.2, -0.15) is 0 Å². The molecule has 2 heterocycles. The predicted octanol–water partition coefficient (Wildman–Crippen LogP) is 4.87. The smallest absolute Gasteiger partial charge is 0.347 e. The number of carboxylic acids is 1. The van der Waals surface area contributed by atoms with E-state index in [0.29, 0.717) is 23.5 Å². The van der Waals surface area contributed by atoms with Crippen LogP contribution in [0.4, 0.5) is 23.2 Å². The second kappa shape index (κ2) is 11.4. The summed E-state index contributed by atoms with van der Waals surface area (Å²) in [7, 11) is 0. The zero-order valence-corrected chi connectivity index (χ0v) is 23.3. The minimum absolute atomic E-state index is 0.0961. The summed E-state index contributed by atoms with van der Waals surface area (Å²) < 4.78 is 63.6. The minimum atomic E-state index is -1.88. The monoisotopic (exact) mass is 594 g/mol. The Bertz CT molecular complexity index is 1710. The van der Waals surface area contributed by atoms with Gasteiger partial charge in [0.2, 0.25) is 12.0 Å². The van der Waals surface area contributed by atoms with Gasteiger partial charge in [-0.15, -0.1) is 0 Å². The number of hydrogen-bond donors (Lipinski definition) is 2. The first-order valence-electron chi connectivity index (χ1n) is 13.2. The van der Waals surface area contributed by atoms with Gasteiger partial charge in [-0.05, 0) is 50.1 Å². The number of aliphatic carboxylic acids is 1. The summed E-state index contributed by atoms with van der Waals surface area (Å²) in [5, 5.41) is 13.7. The van der Waals surface area contributed by atoms with Crippen LogP contribution in [0.25, 0.3) is 0 Å². The molecule has 1 aromatic heterocycles. The van der Waals surface area contributed by atoms with Crippen LogP contribution in [0.1, 0.15) is 33.6 Å². The van der Waals surface area contributed by atoms with E-state index in [2.05, 4.69) is 15.3 Å². The molecule has 8 nitrogen and oxygen atoms in total. The number of fused-ring (bicyclic) bond motifs is 1. The van der Waals surface area contributed by atoms with Crippen molar-refractivity contribution in [3.05, 3.63) is 118 Å². The van der Waals surface area contributed by atoms with Gasteiger partial charge in [0.15, 0.2) is 0 Å². The molecular formula is C31H26F4N4O4. The predicted molar refractivity (Wildman–Crippen MR) is 147 cm³/mol. The third-order valence-electron chi connectivity index (χ3n) is 7.28. The van der Waals surface area contributed by atoms with Gasteiger partial charge in [0, 0.05) is 40.3 Å². The second-order valence-corrected chi connectivity index (χ2v) is 10.2. The average Bonchev–Trinajstić information content (AvgIpc) is 3.05. The van der Waals surface area contributed by atoms with Crippen LogP contribution in [0.15, 0.2) is 60.7 Å². The van der Waals surface area contributed by atoms with Crippen LogP contribution in [0.3, 0.4) is 0 Å². The zero-order chi connectivity index (χ0) is 31.1. The number of halogens is 4. The van der Waals surface area contributed by atoms with E-state index in [4.69, 9.17) is 4.74 Å². The maximum atomic E-state index is 14.7. The highest BCUT2D eigenvalue weighted by molar-refractivity contribution is 5.97. The topological polar surface area (TPSA) is 105 Å². The van der Waals surface area contributed by atoms with Crippen LogP contribution < -0.4 is 15.0 Å². The SMILES string of the molecule is Cc1cc(C)nc(O[C@H](C(=O)O)[C@@]2(c3ccc(F)c(C)c3)NCC(=O)N(Cc3c(F)cc(F)cc3F)c3ccccc32)n1. The minimum Gasteiger partial charge on any atom is -0.478 e. The molecular weight excluding hydrogens is 568 g/mol. The van der Waals surface area contributed by atoms with Crippen molar-refractivity contribution < 1.29 is 37.0 Å². The molecule has 222 valence electrons. The van der Waals surface area contributed by atoms with Crippen molar-refractivity contribution in [2.24, 2.45) is 0 Å². The number of anilines is 1. The van der Waals surface area contributed by atoms with E-state index in [1.165, 1.54) is 31.2 Å². The molecule has 0 fully saturated rings. The number of amides is 1. The zero-order valence-electron chi connectivity index (χ0n) is 23.3. The molecule has 0 aliphatic carbocycles. The number of aromatic nitrogens is 2. The lowest BCUT2D eigenvalue weighted by atomic mass is 9.76. The van der Waals surface area contributed by atoms with E-state index in [-0.39, 0.29) is 28.4 Å². The summed E-state index contributed by atoms with van der Waals surface area (Å²) >= 11 is 0. The first-order valence-corrected chi connectivity index (χ1v) is 13.2. The Labute approximate surface area is 244 Å². The molecule has 43 heavy (non-hydrogen) atoms. The number of rotatable bonds is 7. The average molecular weight is 595 g/mol. The number of ether oxygens (including phenoxy) is 1. The molecule has 4 aromatic rings. The standard InChI is InChI=1S/C31H26F4N4O4/c1-16-10-19(8-9-23(16)33)31(28(29(41)42)43-30-37-17(2)11-18(3)38-30)22-6-4-5-7-26(22)39(27(40)14-36-31)15-21-24(34)12-20(32)13-25(21)35/h4-13,28,36H,14-15H2,1-3H3,(H,41,42)/t28-,31+/m1/s1. The van der Waals surface area contributed by atoms with Crippen LogP contribution in [0.5, 0.6) is 6.01 Å². The van der Waals surface area contributed by atoms with E-state index in [0.717, 1.165) is 11.0 Å². The molecule has 0 bridgehead atoms. The summed E-state index contributed by atoms with van der Waals surface area (Å²) in [6.45, 7) is 3.69. The first kappa shape index (κ1) is 29.6. The van der Waals surface area contributed by atoms with Crippen LogP contribution >= 0.6 is 0 Å². The Morgan fingerprint density at radius 1 is 0.977 bits per heavy atom. The van der Waals surface area contributed by atoms with Gasteiger partial charge in [0.25, 0.3) is 0 Å².